The van der Waals surface area contributed by atoms with Crippen LogP contribution >= 0.6 is 11.3 Å². The molecule has 0 aliphatic carbocycles. The van der Waals surface area contributed by atoms with Crippen molar-refractivity contribution >= 4 is 17.2 Å². The van der Waals surface area contributed by atoms with Crippen molar-refractivity contribution in [2.75, 3.05) is 14.1 Å². The van der Waals surface area contributed by atoms with Gasteiger partial charge in [0.2, 0.25) is 0 Å². The maximum absolute atomic E-state index is 11.9. The molecule has 0 unspecified atom stereocenters. The van der Waals surface area contributed by atoms with Crippen molar-refractivity contribution in [2.45, 2.75) is 6.92 Å². The highest BCUT2D eigenvalue weighted by molar-refractivity contribution is 7.17. The summed E-state index contributed by atoms with van der Waals surface area (Å²) < 4.78 is 0. The van der Waals surface area contributed by atoms with Crippen molar-refractivity contribution in [3.8, 4) is 10.6 Å². The number of hydrogen-bond donors (Lipinski definition) is 0. The van der Waals surface area contributed by atoms with Gasteiger partial charge in [-0.1, -0.05) is 0 Å². The summed E-state index contributed by atoms with van der Waals surface area (Å²) in [6, 6.07) is 3.80. The van der Waals surface area contributed by atoms with Gasteiger partial charge in [0.15, 0.2) is 0 Å². The van der Waals surface area contributed by atoms with E-state index < -0.39 is 0 Å². The zero-order valence-corrected chi connectivity index (χ0v) is 10.8. The van der Waals surface area contributed by atoms with Gasteiger partial charge in [0, 0.05) is 32.1 Å². The Balaban J connectivity index is 2.41. The Morgan fingerprint density at radius 3 is 2.76 bits per heavy atom. The lowest BCUT2D eigenvalue weighted by molar-refractivity contribution is 0.0831. The summed E-state index contributed by atoms with van der Waals surface area (Å²) in [6.45, 7) is 1.85. The van der Waals surface area contributed by atoms with E-state index in [1.165, 1.54) is 11.3 Å². The number of aromatic nitrogens is 2. The molecule has 5 heteroatoms. The van der Waals surface area contributed by atoms with Gasteiger partial charge in [0.05, 0.1) is 5.69 Å². The first-order valence-electron chi connectivity index (χ1n) is 5.19. The molecule has 0 saturated carbocycles. The molecule has 0 bridgehead atoms. The van der Waals surface area contributed by atoms with Crippen LogP contribution in [0, 0.1) is 6.92 Å². The predicted molar refractivity (Wildman–Crippen MR) is 68.1 cm³/mol. The predicted octanol–water partition coefficient (Wildman–Crippen LogP) is 2.22. The van der Waals surface area contributed by atoms with Gasteiger partial charge in [-0.25, -0.2) is 4.98 Å². The first-order chi connectivity index (χ1) is 8.09. The molecule has 17 heavy (non-hydrogen) atoms. The van der Waals surface area contributed by atoms with Crippen molar-refractivity contribution in [1.82, 2.24) is 14.9 Å². The smallest absolute Gasteiger partial charge is 0.265 e. The highest BCUT2D eigenvalue weighted by Crippen LogP contribution is 2.27. The van der Waals surface area contributed by atoms with E-state index in [4.69, 9.17) is 0 Å². The third-order valence-electron chi connectivity index (χ3n) is 2.31. The number of hydrogen-bond acceptors (Lipinski definition) is 4. The molecule has 0 atom stereocenters. The molecule has 0 N–H and O–H groups in total. The molecule has 88 valence electrons. The van der Waals surface area contributed by atoms with Crippen molar-refractivity contribution < 1.29 is 4.79 Å². The molecule has 0 aromatic carbocycles. The van der Waals surface area contributed by atoms with Crippen LogP contribution < -0.4 is 0 Å². The van der Waals surface area contributed by atoms with Crippen LogP contribution in [0.25, 0.3) is 10.6 Å². The summed E-state index contributed by atoms with van der Waals surface area (Å²) in [6.07, 6.45) is 3.47. The third kappa shape index (κ3) is 2.34. The number of aryl methyl sites for hydroxylation is 1. The molecule has 0 fully saturated rings. The fourth-order valence-corrected chi connectivity index (χ4v) is 2.49. The van der Waals surface area contributed by atoms with Gasteiger partial charge >= 0.3 is 0 Å². The fourth-order valence-electron chi connectivity index (χ4n) is 1.41. The normalized spacial score (nSPS) is 10.3. The zero-order valence-electron chi connectivity index (χ0n) is 9.97. The second kappa shape index (κ2) is 4.63. The molecule has 2 aromatic heterocycles. The van der Waals surface area contributed by atoms with Gasteiger partial charge < -0.3 is 4.90 Å². The Kier molecular flexibility index (Phi) is 3.19. The van der Waals surface area contributed by atoms with E-state index >= 15 is 0 Å². The number of carbonyl (C=O) groups is 1. The van der Waals surface area contributed by atoms with Crippen LogP contribution in [0.3, 0.4) is 0 Å². The first kappa shape index (κ1) is 11.7. The van der Waals surface area contributed by atoms with Gasteiger partial charge in [-0.05, 0) is 19.1 Å². The van der Waals surface area contributed by atoms with Crippen LogP contribution in [0.4, 0.5) is 0 Å². The van der Waals surface area contributed by atoms with Crippen molar-refractivity contribution in [2.24, 2.45) is 0 Å². The summed E-state index contributed by atoms with van der Waals surface area (Å²) in [5.74, 6) is -0.00450. The Bertz CT molecular complexity index is 534. The van der Waals surface area contributed by atoms with Crippen molar-refractivity contribution in [3.05, 3.63) is 35.1 Å². The van der Waals surface area contributed by atoms with Crippen molar-refractivity contribution in [3.63, 3.8) is 0 Å². The minimum absolute atomic E-state index is 0.00450. The van der Waals surface area contributed by atoms with Crippen LogP contribution in [-0.4, -0.2) is 34.9 Å². The second-order valence-electron chi connectivity index (χ2n) is 3.87. The van der Waals surface area contributed by atoms with E-state index in [-0.39, 0.29) is 5.91 Å². The van der Waals surface area contributed by atoms with Crippen LogP contribution in [0.15, 0.2) is 24.5 Å². The van der Waals surface area contributed by atoms with E-state index in [0.717, 1.165) is 16.3 Å². The number of nitrogens with zero attached hydrogens (tertiary/aromatic N) is 3. The zero-order chi connectivity index (χ0) is 12.4. The van der Waals surface area contributed by atoms with E-state index in [1.807, 2.05) is 19.1 Å². The van der Waals surface area contributed by atoms with Gasteiger partial charge in [-0.2, -0.15) is 0 Å². The molecule has 2 rings (SSSR count). The van der Waals surface area contributed by atoms with Crippen LogP contribution in [0.2, 0.25) is 0 Å². The summed E-state index contributed by atoms with van der Waals surface area (Å²) in [7, 11) is 3.48. The number of pyridine rings is 1. The molecule has 0 spiro atoms. The summed E-state index contributed by atoms with van der Waals surface area (Å²) in [5.41, 5.74) is 1.71. The maximum Gasteiger partial charge on any atom is 0.265 e. The van der Waals surface area contributed by atoms with Gasteiger partial charge in [0.25, 0.3) is 5.91 Å². The van der Waals surface area contributed by atoms with E-state index in [1.54, 1.807) is 31.4 Å². The van der Waals surface area contributed by atoms with Crippen LogP contribution in [0.1, 0.15) is 15.4 Å². The molecule has 1 amide bonds. The molecule has 4 nitrogen and oxygen atoms in total. The molecule has 0 aliphatic rings. The topological polar surface area (TPSA) is 46.1 Å². The monoisotopic (exact) mass is 247 g/mol. The molecule has 0 aliphatic heterocycles. The largest absolute Gasteiger partial charge is 0.344 e. The lowest BCUT2D eigenvalue weighted by Gasteiger charge is -2.07. The summed E-state index contributed by atoms with van der Waals surface area (Å²) >= 11 is 1.41. The Morgan fingerprint density at radius 2 is 2.18 bits per heavy atom. The number of thiazole rings is 1. The quantitative estimate of drug-likeness (QED) is 0.817. The van der Waals surface area contributed by atoms with Crippen LogP contribution in [0.5, 0.6) is 0 Å². The number of rotatable bonds is 2. The first-order valence-corrected chi connectivity index (χ1v) is 6.00. The van der Waals surface area contributed by atoms with E-state index in [9.17, 15) is 4.79 Å². The standard InChI is InChI=1S/C12H13N3OS/c1-8-10(12(16)15(2)3)17-11(14-8)9-5-4-6-13-7-9/h4-7H,1-3H3. The lowest BCUT2D eigenvalue weighted by atomic mass is 10.3. The SMILES string of the molecule is Cc1nc(-c2cccnc2)sc1C(=O)N(C)C. The summed E-state index contributed by atoms with van der Waals surface area (Å²) in [4.78, 5) is 22.6. The third-order valence-corrected chi connectivity index (χ3v) is 3.50. The average Bonchev–Trinajstić information content (AvgIpc) is 2.71. The molecule has 2 aromatic rings. The fraction of sp³-hybridized carbons (Fsp3) is 0.250. The van der Waals surface area contributed by atoms with Crippen LogP contribution in [-0.2, 0) is 0 Å². The highest BCUT2D eigenvalue weighted by Gasteiger charge is 2.17. The maximum atomic E-state index is 11.9. The van der Waals surface area contributed by atoms with Gasteiger partial charge in [-0.3, -0.25) is 9.78 Å². The molecule has 0 radical (unpaired) electrons. The Hall–Kier alpha value is -1.75. The minimum atomic E-state index is -0.00450. The Labute approximate surface area is 104 Å². The number of amides is 1. The van der Waals surface area contributed by atoms with Gasteiger partial charge in [-0.15, -0.1) is 11.3 Å². The highest BCUT2D eigenvalue weighted by atomic mass is 32.1. The van der Waals surface area contributed by atoms with Crippen molar-refractivity contribution in [1.29, 1.82) is 0 Å². The Morgan fingerprint density at radius 1 is 1.41 bits per heavy atom. The summed E-state index contributed by atoms with van der Waals surface area (Å²) in [5, 5.41) is 0.834. The average molecular weight is 247 g/mol. The number of carbonyl (C=O) groups excluding carboxylic acids is 1. The molecule has 2 heterocycles. The van der Waals surface area contributed by atoms with Gasteiger partial charge in [0.1, 0.15) is 9.88 Å². The molecular formula is C12H13N3OS. The molecule has 0 saturated heterocycles. The van der Waals surface area contributed by atoms with E-state index in [2.05, 4.69) is 9.97 Å². The molecular weight excluding hydrogens is 234 g/mol. The lowest BCUT2D eigenvalue weighted by Crippen LogP contribution is -2.21. The van der Waals surface area contributed by atoms with E-state index in [0.29, 0.717) is 4.88 Å². The minimum Gasteiger partial charge on any atom is -0.344 e. The second-order valence-corrected chi connectivity index (χ2v) is 4.87.